The fraction of sp³-hybridized carbons (Fsp3) is 0.375. The maximum absolute atomic E-state index is 12.1. The Bertz CT molecular complexity index is 671. The quantitative estimate of drug-likeness (QED) is 0.783. The molecule has 0 aliphatic carbocycles. The molecular weight excluding hydrogens is 328 g/mol. The molecular formula is C16H20N4O3S. The van der Waals surface area contributed by atoms with E-state index < -0.39 is 12.1 Å². The van der Waals surface area contributed by atoms with Crippen molar-refractivity contribution in [3.63, 3.8) is 0 Å². The first-order chi connectivity index (χ1) is 11.4. The van der Waals surface area contributed by atoms with Gasteiger partial charge < -0.3 is 10.1 Å². The van der Waals surface area contributed by atoms with E-state index in [0.29, 0.717) is 5.13 Å². The minimum absolute atomic E-state index is 0.0464. The number of rotatable bonds is 6. The lowest BCUT2D eigenvalue weighted by atomic mass is 10.0. The number of amides is 2. The minimum Gasteiger partial charge on any atom is -0.463 e. The van der Waals surface area contributed by atoms with Crippen molar-refractivity contribution in [3.8, 4) is 0 Å². The number of carbonyl (C=O) groups excluding carboxylic acids is 2. The largest absolute Gasteiger partial charge is 0.463 e. The summed E-state index contributed by atoms with van der Waals surface area (Å²) in [5.41, 5.74) is 3.45. The molecule has 128 valence electrons. The number of benzene rings is 1. The van der Waals surface area contributed by atoms with Crippen LogP contribution in [0, 0.1) is 6.92 Å². The van der Waals surface area contributed by atoms with Gasteiger partial charge >= 0.3 is 12.0 Å². The second-order valence-electron chi connectivity index (χ2n) is 5.55. The molecule has 0 spiro atoms. The topological polar surface area (TPSA) is 93.2 Å². The molecule has 0 saturated carbocycles. The van der Waals surface area contributed by atoms with Crippen LogP contribution in [-0.2, 0) is 9.53 Å². The third-order valence-corrected chi connectivity index (χ3v) is 3.71. The van der Waals surface area contributed by atoms with Gasteiger partial charge in [0.05, 0.1) is 18.6 Å². The Morgan fingerprint density at radius 1 is 1.25 bits per heavy atom. The molecule has 8 heteroatoms. The number of urea groups is 1. The number of anilines is 1. The molecule has 7 nitrogen and oxygen atoms in total. The van der Waals surface area contributed by atoms with E-state index >= 15 is 0 Å². The van der Waals surface area contributed by atoms with Gasteiger partial charge in [0.25, 0.3) is 0 Å². The smallest absolute Gasteiger partial charge is 0.321 e. The number of esters is 1. The summed E-state index contributed by atoms with van der Waals surface area (Å²) in [6.07, 6.45) is -0.156. The molecule has 0 aliphatic rings. The highest BCUT2D eigenvalue weighted by Crippen LogP contribution is 2.19. The van der Waals surface area contributed by atoms with Crippen LogP contribution in [0.25, 0.3) is 0 Å². The average Bonchev–Trinajstić information content (AvgIpc) is 2.99. The zero-order valence-electron chi connectivity index (χ0n) is 13.8. The van der Waals surface area contributed by atoms with Gasteiger partial charge in [0.15, 0.2) is 0 Å². The van der Waals surface area contributed by atoms with Gasteiger partial charge in [0, 0.05) is 0 Å². The number of ether oxygens (including phenoxy) is 1. The Hall–Kier alpha value is -2.48. The van der Waals surface area contributed by atoms with E-state index in [9.17, 15) is 9.59 Å². The summed E-state index contributed by atoms with van der Waals surface area (Å²) >= 11 is 1.21. The molecule has 24 heavy (non-hydrogen) atoms. The lowest BCUT2D eigenvalue weighted by molar-refractivity contribution is -0.147. The number of carbonyl (C=O) groups is 2. The van der Waals surface area contributed by atoms with Crippen molar-refractivity contribution in [1.82, 2.24) is 15.5 Å². The summed E-state index contributed by atoms with van der Waals surface area (Å²) in [5.74, 6) is -0.369. The summed E-state index contributed by atoms with van der Waals surface area (Å²) in [6.45, 7) is 5.55. The van der Waals surface area contributed by atoms with E-state index in [1.165, 1.54) is 16.8 Å². The molecule has 0 saturated heterocycles. The molecule has 0 bridgehead atoms. The second kappa shape index (κ2) is 8.39. The Morgan fingerprint density at radius 3 is 2.54 bits per heavy atom. The molecule has 1 atom stereocenters. The molecule has 2 amide bonds. The van der Waals surface area contributed by atoms with Crippen LogP contribution in [0.4, 0.5) is 9.93 Å². The zero-order valence-corrected chi connectivity index (χ0v) is 14.6. The van der Waals surface area contributed by atoms with E-state index in [4.69, 9.17) is 4.74 Å². The maximum atomic E-state index is 12.1. The van der Waals surface area contributed by atoms with E-state index in [-0.39, 0.29) is 18.5 Å². The second-order valence-corrected chi connectivity index (χ2v) is 6.38. The van der Waals surface area contributed by atoms with Gasteiger partial charge in [-0.2, -0.15) is 0 Å². The van der Waals surface area contributed by atoms with Gasteiger partial charge in [-0.1, -0.05) is 41.2 Å². The van der Waals surface area contributed by atoms with Crippen LogP contribution in [-0.4, -0.2) is 28.3 Å². The van der Waals surface area contributed by atoms with E-state index in [1.807, 2.05) is 31.2 Å². The monoisotopic (exact) mass is 348 g/mol. The highest BCUT2D eigenvalue weighted by molar-refractivity contribution is 7.13. The summed E-state index contributed by atoms with van der Waals surface area (Å²) in [5, 5.41) is 13.2. The molecule has 0 fully saturated rings. The van der Waals surface area contributed by atoms with Gasteiger partial charge in [0.2, 0.25) is 5.13 Å². The Kier molecular flexibility index (Phi) is 6.25. The van der Waals surface area contributed by atoms with Crippen LogP contribution in [0.15, 0.2) is 29.8 Å². The SMILES string of the molecule is Cc1ccc([C@H](CC(=O)OC(C)C)NC(=O)Nc2nncs2)cc1. The minimum atomic E-state index is -0.496. The molecule has 0 radical (unpaired) electrons. The number of aryl methyl sites for hydroxylation is 1. The lowest BCUT2D eigenvalue weighted by Crippen LogP contribution is -2.34. The van der Waals surface area contributed by atoms with Gasteiger partial charge in [-0.05, 0) is 26.3 Å². The summed E-state index contributed by atoms with van der Waals surface area (Å²) in [7, 11) is 0. The van der Waals surface area contributed by atoms with Crippen molar-refractivity contribution in [1.29, 1.82) is 0 Å². The first kappa shape index (κ1) is 17.9. The Morgan fingerprint density at radius 2 is 1.96 bits per heavy atom. The van der Waals surface area contributed by atoms with Crippen molar-refractivity contribution in [2.45, 2.75) is 39.3 Å². The molecule has 0 aliphatic heterocycles. The molecule has 1 aromatic heterocycles. The van der Waals surface area contributed by atoms with Crippen LogP contribution in [0.5, 0.6) is 0 Å². The third kappa shape index (κ3) is 5.62. The van der Waals surface area contributed by atoms with Crippen molar-refractivity contribution < 1.29 is 14.3 Å². The predicted molar refractivity (Wildman–Crippen MR) is 91.8 cm³/mol. The van der Waals surface area contributed by atoms with Gasteiger partial charge in [-0.3, -0.25) is 10.1 Å². The maximum Gasteiger partial charge on any atom is 0.321 e. The molecule has 2 aromatic rings. The Labute approximate surface area is 144 Å². The van der Waals surface area contributed by atoms with Crippen LogP contribution in [0.3, 0.4) is 0 Å². The van der Waals surface area contributed by atoms with Gasteiger partial charge in [0.1, 0.15) is 5.51 Å². The number of nitrogens with one attached hydrogen (secondary N) is 2. The fourth-order valence-corrected chi connectivity index (χ4v) is 2.49. The van der Waals surface area contributed by atoms with Gasteiger partial charge in [-0.25, -0.2) is 4.79 Å². The fourth-order valence-electron chi connectivity index (χ4n) is 2.05. The van der Waals surface area contributed by atoms with E-state index in [1.54, 1.807) is 13.8 Å². The standard InChI is InChI=1S/C16H20N4O3S/c1-10(2)23-14(21)8-13(12-6-4-11(3)5-7-12)18-15(22)19-16-20-17-9-24-16/h4-7,9-10,13H,8H2,1-3H3,(H2,18,19,20,22)/t13-/m0/s1. The van der Waals surface area contributed by atoms with Crippen molar-refractivity contribution in [2.24, 2.45) is 0 Å². The van der Waals surface area contributed by atoms with Gasteiger partial charge in [-0.15, -0.1) is 10.2 Å². The van der Waals surface area contributed by atoms with Crippen LogP contribution < -0.4 is 10.6 Å². The normalized spacial score (nSPS) is 11.8. The highest BCUT2D eigenvalue weighted by atomic mass is 32.1. The zero-order chi connectivity index (χ0) is 17.5. The first-order valence-electron chi connectivity index (χ1n) is 7.53. The van der Waals surface area contributed by atoms with E-state index in [2.05, 4.69) is 20.8 Å². The van der Waals surface area contributed by atoms with Crippen molar-refractivity contribution >= 4 is 28.5 Å². The molecule has 1 aromatic carbocycles. The summed E-state index contributed by atoms with van der Waals surface area (Å²) in [6, 6.07) is 6.68. The average molecular weight is 348 g/mol. The molecule has 2 N–H and O–H groups in total. The number of aromatic nitrogens is 2. The molecule has 1 heterocycles. The summed E-state index contributed by atoms with van der Waals surface area (Å²) in [4.78, 5) is 24.1. The van der Waals surface area contributed by atoms with Crippen molar-refractivity contribution in [3.05, 3.63) is 40.9 Å². The van der Waals surface area contributed by atoms with Crippen molar-refractivity contribution in [2.75, 3.05) is 5.32 Å². The Balaban J connectivity index is 2.08. The lowest BCUT2D eigenvalue weighted by Gasteiger charge is -2.19. The molecule has 0 unspecified atom stereocenters. The van der Waals surface area contributed by atoms with Crippen LogP contribution in [0.2, 0.25) is 0 Å². The number of hydrogen-bond donors (Lipinski definition) is 2. The highest BCUT2D eigenvalue weighted by Gasteiger charge is 2.20. The third-order valence-electron chi connectivity index (χ3n) is 3.10. The number of hydrogen-bond acceptors (Lipinski definition) is 6. The van der Waals surface area contributed by atoms with Crippen LogP contribution in [0.1, 0.15) is 37.4 Å². The first-order valence-corrected chi connectivity index (χ1v) is 8.41. The van der Waals surface area contributed by atoms with E-state index in [0.717, 1.165) is 11.1 Å². The number of nitrogens with zero attached hydrogens (tertiary/aromatic N) is 2. The van der Waals surface area contributed by atoms with Crippen LogP contribution >= 0.6 is 11.3 Å². The predicted octanol–water partition coefficient (Wildman–Crippen LogP) is 3.05. The summed E-state index contributed by atoms with van der Waals surface area (Å²) < 4.78 is 5.18. The molecule has 2 rings (SSSR count).